The summed E-state index contributed by atoms with van der Waals surface area (Å²) in [5, 5.41) is 17.0. The third-order valence-electron chi connectivity index (χ3n) is 2.91. The van der Waals surface area contributed by atoms with Crippen LogP contribution in [0, 0.1) is 0 Å². The average molecular weight is 250 g/mol. The van der Waals surface area contributed by atoms with E-state index in [9.17, 15) is 4.39 Å². The molecule has 0 spiro atoms. The monoisotopic (exact) mass is 250 g/mol. The first-order valence-electron chi connectivity index (χ1n) is 6.68. The Bertz CT molecular complexity index is 148. The maximum Gasteiger partial charge on any atom is 0.488 e. The molecule has 0 saturated carbocycles. The number of hydrogen-bond donors (Lipinski definition) is 2. The molecule has 0 amide bonds. The van der Waals surface area contributed by atoms with Gasteiger partial charge in [-0.25, -0.2) is 0 Å². The molecule has 0 rings (SSSR count). The molecule has 1 unspecified atom stereocenters. The van der Waals surface area contributed by atoms with Crippen molar-refractivity contribution in [2.45, 2.75) is 77.2 Å². The van der Waals surface area contributed by atoms with E-state index in [1.807, 2.05) is 0 Å². The predicted octanol–water partition coefficient (Wildman–Crippen LogP) is 2.43. The Hall–Kier alpha value is -0.125. The number of rotatable bonds is 11. The van der Waals surface area contributed by atoms with Crippen LogP contribution in [0.15, 0.2) is 0 Å². The third kappa shape index (κ3) is 13.8. The summed E-state index contributed by atoms with van der Waals surface area (Å²) in [6, 6.07) is 0. The Labute approximate surface area is 105 Å². The van der Waals surface area contributed by atoms with Crippen LogP contribution < -0.4 is 0 Å². The Morgan fingerprint density at radius 1 is 0.882 bits per heavy atom. The van der Waals surface area contributed by atoms with Crippen molar-refractivity contribution >= 4 is 7.12 Å². The molecule has 0 aliphatic rings. The molecular weight excluding hydrogens is 222 g/mol. The second kappa shape index (κ2) is 13.9. The summed E-state index contributed by atoms with van der Waals surface area (Å²) in [4.78, 5) is 0. The minimum Gasteiger partial charge on any atom is -0.425 e. The van der Waals surface area contributed by atoms with Gasteiger partial charge in [0.05, 0.1) is 0 Å². The lowest BCUT2D eigenvalue weighted by atomic mass is 9.81. The maximum absolute atomic E-state index is 12.7. The van der Waals surface area contributed by atoms with Gasteiger partial charge >= 0.3 is 7.12 Å². The summed E-state index contributed by atoms with van der Waals surface area (Å²) in [6.07, 6.45) is 9.46. The van der Waals surface area contributed by atoms with Gasteiger partial charge in [-0.3, -0.25) is 4.39 Å². The summed E-state index contributed by atoms with van der Waals surface area (Å²) in [6.45, 7) is 2.21. The van der Waals surface area contributed by atoms with Gasteiger partial charge in [0.25, 0.3) is 0 Å². The molecule has 0 aliphatic carbocycles. The van der Waals surface area contributed by atoms with Gasteiger partial charge in [-0.1, -0.05) is 64.7 Å². The summed E-state index contributed by atoms with van der Waals surface area (Å²) < 4.78 is 12.7. The topological polar surface area (TPSA) is 72.0 Å². The van der Waals surface area contributed by atoms with Crippen molar-refractivity contribution < 1.29 is 19.9 Å². The molecular formula is C12H28BFO3. The number of hydrogen-bond acceptors (Lipinski definition) is 2. The molecule has 0 saturated heterocycles. The molecule has 0 aromatic carbocycles. The standard InChI is InChI=1S/C12H26BFO2.H2O/c1-2-3-4-5-6-7-8-9-10-11-12(14)13(15)16;/h12,15-16H,2-11H2,1H3;1H2. The fourth-order valence-electron chi connectivity index (χ4n) is 1.80. The van der Waals surface area contributed by atoms with E-state index in [4.69, 9.17) is 10.0 Å². The molecule has 0 aromatic heterocycles. The first-order valence-corrected chi connectivity index (χ1v) is 6.68. The quantitative estimate of drug-likeness (QED) is 0.436. The first kappa shape index (κ1) is 19.2. The number of alkyl halides is 1. The van der Waals surface area contributed by atoms with E-state index < -0.39 is 13.2 Å². The van der Waals surface area contributed by atoms with Crippen molar-refractivity contribution in [3.8, 4) is 0 Å². The van der Waals surface area contributed by atoms with Crippen molar-refractivity contribution in [1.29, 1.82) is 0 Å². The maximum atomic E-state index is 12.7. The second-order valence-electron chi connectivity index (χ2n) is 4.55. The number of halogens is 1. The molecule has 0 fully saturated rings. The Morgan fingerprint density at radius 3 is 1.71 bits per heavy atom. The lowest BCUT2D eigenvalue weighted by molar-refractivity contribution is 0.291. The van der Waals surface area contributed by atoms with Crippen LogP contribution in [0.25, 0.3) is 0 Å². The van der Waals surface area contributed by atoms with Crippen LogP contribution in [0.2, 0.25) is 0 Å². The highest BCUT2D eigenvalue weighted by molar-refractivity contribution is 6.42. The van der Waals surface area contributed by atoms with Crippen LogP contribution in [-0.2, 0) is 0 Å². The molecule has 0 radical (unpaired) electrons. The third-order valence-corrected chi connectivity index (χ3v) is 2.91. The molecule has 17 heavy (non-hydrogen) atoms. The van der Waals surface area contributed by atoms with Crippen molar-refractivity contribution in [1.82, 2.24) is 0 Å². The summed E-state index contributed by atoms with van der Waals surface area (Å²) in [7, 11) is -1.80. The van der Waals surface area contributed by atoms with Gasteiger partial charge in [-0.15, -0.1) is 0 Å². The van der Waals surface area contributed by atoms with Gasteiger partial charge in [-0.05, 0) is 6.42 Å². The molecule has 104 valence electrons. The van der Waals surface area contributed by atoms with Gasteiger partial charge < -0.3 is 15.5 Å². The van der Waals surface area contributed by atoms with Crippen LogP contribution in [0.1, 0.15) is 71.1 Å². The zero-order chi connectivity index (χ0) is 12.2. The summed E-state index contributed by atoms with van der Waals surface area (Å²) in [5.74, 6) is 0. The summed E-state index contributed by atoms with van der Waals surface area (Å²) in [5.41, 5.74) is 0. The van der Waals surface area contributed by atoms with E-state index in [0.717, 1.165) is 19.3 Å². The highest BCUT2D eigenvalue weighted by Crippen LogP contribution is 2.12. The molecule has 5 heteroatoms. The Balaban J connectivity index is 0. The van der Waals surface area contributed by atoms with Crippen LogP contribution in [-0.4, -0.2) is 28.7 Å². The normalized spacial score (nSPS) is 12.0. The van der Waals surface area contributed by atoms with Crippen LogP contribution in [0.5, 0.6) is 0 Å². The molecule has 3 nitrogen and oxygen atoms in total. The average Bonchev–Trinajstić information content (AvgIpc) is 2.26. The van der Waals surface area contributed by atoms with E-state index in [1.165, 1.54) is 38.5 Å². The Morgan fingerprint density at radius 2 is 1.29 bits per heavy atom. The van der Waals surface area contributed by atoms with E-state index in [2.05, 4.69) is 6.92 Å². The zero-order valence-corrected chi connectivity index (χ0v) is 11.0. The van der Waals surface area contributed by atoms with E-state index in [0.29, 0.717) is 0 Å². The molecule has 0 aromatic rings. The van der Waals surface area contributed by atoms with Gasteiger partial charge in [0.15, 0.2) is 0 Å². The van der Waals surface area contributed by atoms with Crippen molar-refractivity contribution in [2.24, 2.45) is 0 Å². The molecule has 0 heterocycles. The highest BCUT2D eigenvalue weighted by atomic mass is 19.1. The van der Waals surface area contributed by atoms with Crippen molar-refractivity contribution in [3.63, 3.8) is 0 Å². The minimum atomic E-state index is -1.80. The second-order valence-corrected chi connectivity index (χ2v) is 4.55. The predicted molar refractivity (Wildman–Crippen MR) is 70.5 cm³/mol. The van der Waals surface area contributed by atoms with Gasteiger partial charge in [0.2, 0.25) is 0 Å². The van der Waals surface area contributed by atoms with E-state index in [1.54, 1.807) is 0 Å². The molecule has 4 N–H and O–H groups in total. The zero-order valence-electron chi connectivity index (χ0n) is 11.0. The Kier molecular flexibility index (Phi) is 15.8. The molecule has 0 aliphatic heterocycles. The summed E-state index contributed by atoms with van der Waals surface area (Å²) >= 11 is 0. The molecule has 0 bridgehead atoms. The van der Waals surface area contributed by atoms with Gasteiger partial charge in [-0.2, -0.15) is 0 Å². The van der Waals surface area contributed by atoms with Gasteiger partial charge in [0.1, 0.15) is 6.07 Å². The van der Waals surface area contributed by atoms with Crippen LogP contribution >= 0.6 is 0 Å². The first-order chi connectivity index (χ1) is 7.68. The van der Waals surface area contributed by atoms with Crippen LogP contribution in [0.3, 0.4) is 0 Å². The van der Waals surface area contributed by atoms with Gasteiger partial charge in [0, 0.05) is 0 Å². The SMILES string of the molecule is CCCCCCCCCCCC(F)B(O)O.O. The number of unbranched alkanes of at least 4 members (excludes halogenated alkanes) is 8. The smallest absolute Gasteiger partial charge is 0.425 e. The fourth-order valence-corrected chi connectivity index (χ4v) is 1.80. The van der Waals surface area contributed by atoms with Crippen molar-refractivity contribution in [3.05, 3.63) is 0 Å². The lowest BCUT2D eigenvalue weighted by Gasteiger charge is -2.06. The van der Waals surface area contributed by atoms with E-state index in [-0.39, 0.29) is 11.9 Å². The van der Waals surface area contributed by atoms with E-state index >= 15 is 0 Å². The largest absolute Gasteiger partial charge is 0.488 e. The van der Waals surface area contributed by atoms with Crippen LogP contribution in [0.4, 0.5) is 4.39 Å². The lowest BCUT2D eigenvalue weighted by Crippen LogP contribution is -2.26. The minimum absolute atomic E-state index is 0. The van der Waals surface area contributed by atoms with Crippen molar-refractivity contribution in [2.75, 3.05) is 0 Å². The fraction of sp³-hybridized carbons (Fsp3) is 1.00. The molecule has 1 atom stereocenters. The highest BCUT2D eigenvalue weighted by Gasteiger charge is 2.21.